The fourth-order valence-corrected chi connectivity index (χ4v) is 3.41. The Balaban J connectivity index is 2.06. The summed E-state index contributed by atoms with van der Waals surface area (Å²) in [6.45, 7) is -1.09. The Morgan fingerprint density at radius 1 is 1.07 bits per heavy atom. The lowest BCUT2D eigenvalue weighted by molar-refractivity contribution is -0.274. The van der Waals surface area contributed by atoms with Crippen molar-refractivity contribution in [2.24, 2.45) is 0 Å². The van der Waals surface area contributed by atoms with Crippen LogP contribution in [0.1, 0.15) is 5.76 Å². The highest BCUT2D eigenvalue weighted by Crippen LogP contribution is 2.37. The summed E-state index contributed by atoms with van der Waals surface area (Å²) in [6, 6.07) is 7.73. The molecular weight excluding hydrogens is 421 g/mol. The van der Waals surface area contributed by atoms with Crippen LogP contribution in [0.15, 0.2) is 51.9 Å². The van der Waals surface area contributed by atoms with Gasteiger partial charge in [-0.1, -0.05) is 11.2 Å². The molecular formula is C18H12F5NO4S. The predicted octanol–water partition coefficient (Wildman–Crippen LogP) is 4.92. The summed E-state index contributed by atoms with van der Waals surface area (Å²) in [7, 11) is -3.81. The van der Waals surface area contributed by atoms with Crippen LogP contribution in [0.5, 0.6) is 5.75 Å². The number of halogens is 5. The van der Waals surface area contributed by atoms with Crippen molar-refractivity contribution >= 4 is 9.84 Å². The van der Waals surface area contributed by atoms with E-state index in [1.54, 1.807) is 0 Å². The SMILES string of the molecule is CS(=O)(=O)c1ccc(-c2c(-c3ccc(OC(F)(F)F)cc3)noc2CF)cc1F. The summed E-state index contributed by atoms with van der Waals surface area (Å²) < 4.78 is 96.3. The van der Waals surface area contributed by atoms with Gasteiger partial charge in [0, 0.05) is 11.8 Å². The molecule has 3 aromatic rings. The van der Waals surface area contributed by atoms with Crippen LogP contribution in [0.4, 0.5) is 22.0 Å². The molecule has 1 heterocycles. The molecule has 29 heavy (non-hydrogen) atoms. The van der Waals surface area contributed by atoms with Crippen LogP contribution >= 0.6 is 0 Å². The van der Waals surface area contributed by atoms with Crippen LogP contribution in [0.2, 0.25) is 0 Å². The zero-order valence-electron chi connectivity index (χ0n) is 14.6. The van der Waals surface area contributed by atoms with Crippen LogP contribution in [0.25, 0.3) is 22.4 Å². The number of nitrogens with zero attached hydrogens (tertiary/aromatic N) is 1. The molecule has 0 fully saturated rings. The Bertz CT molecular complexity index is 1140. The molecule has 0 radical (unpaired) electrons. The molecule has 0 unspecified atom stereocenters. The lowest BCUT2D eigenvalue weighted by atomic mass is 9.99. The van der Waals surface area contributed by atoms with Crippen molar-refractivity contribution in [3.8, 4) is 28.1 Å². The van der Waals surface area contributed by atoms with E-state index in [9.17, 15) is 30.4 Å². The lowest BCUT2D eigenvalue weighted by Gasteiger charge is -2.09. The second-order valence-electron chi connectivity index (χ2n) is 5.95. The number of sulfone groups is 1. The van der Waals surface area contributed by atoms with Crippen LogP contribution in [-0.4, -0.2) is 26.2 Å². The molecule has 0 amide bonds. The van der Waals surface area contributed by atoms with Gasteiger partial charge in [-0.2, -0.15) is 0 Å². The van der Waals surface area contributed by atoms with E-state index >= 15 is 0 Å². The van der Waals surface area contributed by atoms with Gasteiger partial charge in [-0.15, -0.1) is 13.2 Å². The Morgan fingerprint density at radius 3 is 2.21 bits per heavy atom. The summed E-state index contributed by atoms with van der Waals surface area (Å²) >= 11 is 0. The third-order valence-corrected chi connectivity index (χ3v) is 5.00. The van der Waals surface area contributed by atoms with E-state index < -0.39 is 39.3 Å². The largest absolute Gasteiger partial charge is 0.573 e. The standard InChI is InChI=1S/C18H12F5NO4S/c1-29(25,26)15-7-4-11(8-13(15)20)16-14(9-19)28-24-17(16)10-2-5-12(6-3-10)27-18(21,22)23/h2-8H,9H2,1H3. The van der Waals surface area contributed by atoms with E-state index in [1.807, 2.05) is 0 Å². The quantitative estimate of drug-likeness (QED) is 0.535. The normalized spacial score (nSPS) is 12.2. The molecule has 0 saturated heterocycles. The van der Waals surface area contributed by atoms with Crippen molar-refractivity contribution in [3.05, 3.63) is 54.0 Å². The maximum atomic E-state index is 14.3. The van der Waals surface area contributed by atoms with Crippen molar-refractivity contribution in [3.63, 3.8) is 0 Å². The van der Waals surface area contributed by atoms with Gasteiger partial charge < -0.3 is 9.26 Å². The summed E-state index contributed by atoms with van der Waals surface area (Å²) in [6.07, 6.45) is -4.02. The topological polar surface area (TPSA) is 69.4 Å². The van der Waals surface area contributed by atoms with Crippen LogP contribution in [0, 0.1) is 5.82 Å². The Morgan fingerprint density at radius 2 is 1.69 bits per heavy atom. The van der Waals surface area contributed by atoms with Gasteiger partial charge in [0.25, 0.3) is 0 Å². The van der Waals surface area contributed by atoms with E-state index in [0.29, 0.717) is 0 Å². The minimum absolute atomic E-state index is 0.0442. The molecule has 5 nitrogen and oxygen atoms in total. The Kier molecular flexibility index (Phi) is 5.35. The maximum absolute atomic E-state index is 14.3. The van der Waals surface area contributed by atoms with Gasteiger partial charge in [0.2, 0.25) is 0 Å². The van der Waals surface area contributed by atoms with Crippen molar-refractivity contribution < 1.29 is 39.6 Å². The molecule has 0 bridgehead atoms. The smallest absolute Gasteiger partial charge is 0.406 e. The third-order valence-electron chi connectivity index (χ3n) is 3.87. The molecule has 0 atom stereocenters. The van der Waals surface area contributed by atoms with Crippen molar-refractivity contribution in [1.82, 2.24) is 5.16 Å². The summed E-state index contributed by atoms with van der Waals surface area (Å²) in [5.41, 5.74) is 0.443. The minimum atomic E-state index is -4.86. The number of aromatic nitrogens is 1. The Labute approximate surface area is 161 Å². The monoisotopic (exact) mass is 433 g/mol. The number of rotatable bonds is 5. The molecule has 0 aliphatic carbocycles. The molecule has 0 aliphatic heterocycles. The van der Waals surface area contributed by atoms with E-state index in [4.69, 9.17) is 4.52 Å². The average molecular weight is 433 g/mol. The van der Waals surface area contributed by atoms with E-state index in [2.05, 4.69) is 9.89 Å². The first-order valence-electron chi connectivity index (χ1n) is 7.90. The molecule has 0 saturated carbocycles. The second kappa shape index (κ2) is 7.47. The van der Waals surface area contributed by atoms with Crippen molar-refractivity contribution in [2.45, 2.75) is 17.9 Å². The molecule has 1 aromatic heterocycles. The molecule has 0 aliphatic rings. The number of hydrogen-bond donors (Lipinski definition) is 0. The maximum Gasteiger partial charge on any atom is 0.573 e. The van der Waals surface area contributed by atoms with Crippen LogP contribution in [0.3, 0.4) is 0 Å². The van der Waals surface area contributed by atoms with Gasteiger partial charge in [0.05, 0.1) is 5.56 Å². The van der Waals surface area contributed by atoms with Gasteiger partial charge in [-0.25, -0.2) is 17.2 Å². The third kappa shape index (κ3) is 4.56. The highest BCUT2D eigenvalue weighted by Gasteiger charge is 2.31. The first kappa shape index (κ1) is 20.8. The minimum Gasteiger partial charge on any atom is -0.406 e. The summed E-state index contributed by atoms with van der Waals surface area (Å²) in [5.74, 6) is -1.77. The number of alkyl halides is 4. The fourth-order valence-electron chi connectivity index (χ4n) is 2.68. The van der Waals surface area contributed by atoms with E-state index in [0.717, 1.165) is 30.5 Å². The molecule has 11 heteroatoms. The highest BCUT2D eigenvalue weighted by atomic mass is 32.2. The first-order chi connectivity index (χ1) is 13.5. The van der Waals surface area contributed by atoms with E-state index in [1.165, 1.54) is 18.2 Å². The molecule has 154 valence electrons. The van der Waals surface area contributed by atoms with Gasteiger partial charge in [-0.3, -0.25) is 0 Å². The van der Waals surface area contributed by atoms with Crippen molar-refractivity contribution in [1.29, 1.82) is 0 Å². The highest BCUT2D eigenvalue weighted by molar-refractivity contribution is 7.90. The fraction of sp³-hybridized carbons (Fsp3) is 0.167. The van der Waals surface area contributed by atoms with E-state index in [-0.39, 0.29) is 28.1 Å². The van der Waals surface area contributed by atoms with Crippen LogP contribution < -0.4 is 4.74 Å². The van der Waals surface area contributed by atoms with Crippen molar-refractivity contribution in [2.75, 3.05) is 6.26 Å². The van der Waals surface area contributed by atoms with Crippen LogP contribution in [-0.2, 0) is 16.5 Å². The number of hydrogen-bond acceptors (Lipinski definition) is 5. The zero-order chi connectivity index (χ0) is 21.4. The molecule has 3 rings (SSSR count). The number of ether oxygens (including phenoxy) is 1. The summed E-state index contributed by atoms with van der Waals surface area (Å²) in [4.78, 5) is -0.533. The molecule has 0 N–H and O–H groups in total. The second-order valence-corrected chi connectivity index (χ2v) is 7.94. The number of benzene rings is 2. The summed E-state index contributed by atoms with van der Waals surface area (Å²) in [5, 5.41) is 3.72. The predicted molar refractivity (Wildman–Crippen MR) is 91.9 cm³/mol. The average Bonchev–Trinajstić information content (AvgIpc) is 3.04. The van der Waals surface area contributed by atoms with Gasteiger partial charge in [0.15, 0.2) is 22.3 Å². The Hall–Kier alpha value is -2.95. The zero-order valence-corrected chi connectivity index (χ0v) is 15.4. The molecule has 0 spiro atoms. The van der Waals surface area contributed by atoms with Gasteiger partial charge in [-0.05, 0) is 42.0 Å². The van der Waals surface area contributed by atoms with Gasteiger partial charge in [0.1, 0.15) is 22.2 Å². The molecule has 2 aromatic carbocycles. The lowest BCUT2D eigenvalue weighted by Crippen LogP contribution is -2.16. The van der Waals surface area contributed by atoms with Gasteiger partial charge >= 0.3 is 6.36 Å². The first-order valence-corrected chi connectivity index (χ1v) is 9.79.